The highest BCUT2D eigenvalue weighted by molar-refractivity contribution is 8.00. The van der Waals surface area contributed by atoms with Crippen molar-refractivity contribution in [3.63, 3.8) is 0 Å². The Morgan fingerprint density at radius 3 is 2.46 bits per heavy atom. The van der Waals surface area contributed by atoms with Gasteiger partial charge in [-0.3, -0.25) is 4.79 Å². The van der Waals surface area contributed by atoms with Gasteiger partial charge in [-0.25, -0.2) is 4.79 Å². The number of esters is 1. The first-order chi connectivity index (χ1) is 13.4. The number of benzene rings is 2. The number of rotatable bonds is 8. The second-order valence-corrected chi connectivity index (χ2v) is 7.50. The van der Waals surface area contributed by atoms with Crippen molar-refractivity contribution in [2.24, 2.45) is 0 Å². The number of hydrogen-bond donors (Lipinski definition) is 1. The van der Waals surface area contributed by atoms with Crippen LogP contribution >= 0.6 is 23.4 Å². The van der Waals surface area contributed by atoms with Gasteiger partial charge in [0, 0.05) is 10.6 Å². The Labute approximate surface area is 173 Å². The fourth-order valence-corrected chi connectivity index (χ4v) is 3.45. The molecule has 0 fully saturated rings. The van der Waals surface area contributed by atoms with E-state index in [0.29, 0.717) is 17.2 Å². The predicted molar refractivity (Wildman–Crippen MR) is 111 cm³/mol. The third kappa shape index (κ3) is 5.56. The average molecular weight is 424 g/mol. The summed E-state index contributed by atoms with van der Waals surface area (Å²) in [5.74, 6) is 0.474. The van der Waals surface area contributed by atoms with Gasteiger partial charge in [0.1, 0.15) is 0 Å². The summed E-state index contributed by atoms with van der Waals surface area (Å²) in [7, 11) is 3.13. The molecule has 0 aliphatic carbocycles. The van der Waals surface area contributed by atoms with Gasteiger partial charge in [0.2, 0.25) is 5.91 Å². The number of anilines is 1. The van der Waals surface area contributed by atoms with Crippen LogP contribution in [0.2, 0.25) is 5.02 Å². The Balaban J connectivity index is 2.08. The number of hydrogen-bond acceptors (Lipinski definition) is 6. The van der Waals surface area contributed by atoms with Crippen molar-refractivity contribution in [3.05, 3.63) is 47.0 Å². The topological polar surface area (TPSA) is 73.9 Å². The van der Waals surface area contributed by atoms with E-state index < -0.39 is 5.97 Å². The Hall–Kier alpha value is -2.38. The van der Waals surface area contributed by atoms with Gasteiger partial charge in [0.05, 0.1) is 36.7 Å². The van der Waals surface area contributed by atoms with Gasteiger partial charge in [0.25, 0.3) is 0 Å². The molecule has 0 aromatic heterocycles. The van der Waals surface area contributed by atoms with Crippen LogP contribution in [0.5, 0.6) is 11.5 Å². The summed E-state index contributed by atoms with van der Waals surface area (Å²) < 4.78 is 15.5. The third-order valence-corrected chi connectivity index (χ3v) is 5.19. The number of amides is 1. The Morgan fingerprint density at radius 1 is 1.11 bits per heavy atom. The van der Waals surface area contributed by atoms with Crippen LogP contribution in [0.15, 0.2) is 41.3 Å². The van der Waals surface area contributed by atoms with E-state index in [1.165, 1.54) is 17.8 Å². The molecule has 0 unspecified atom stereocenters. The molecule has 0 radical (unpaired) electrons. The van der Waals surface area contributed by atoms with Crippen molar-refractivity contribution in [2.45, 2.75) is 24.0 Å². The SMILES string of the molecule is CCOC(=O)c1cc(NC(=O)[C@@H](C)Sc2ccc(OC)c(OC)c2)ccc1Cl. The molecule has 2 aromatic carbocycles. The maximum atomic E-state index is 12.5. The van der Waals surface area contributed by atoms with E-state index in [1.807, 2.05) is 12.1 Å². The smallest absolute Gasteiger partial charge is 0.339 e. The monoisotopic (exact) mass is 423 g/mol. The molecular formula is C20H22ClNO5S. The summed E-state index contributed by atoms with van der Waals surface area (Å²) in [5.41, 5.74) is 0.679. The van der Waals surface area contributed by atoms with Gasteiger partial charge in [0.15, 0.2) is 11.5 Å². The van der Waals surface area contributed by atoms with Crippen LogP contribution in [0.4, 0.5) is 5.69 Å². The molecule has 0 heterocycles. The lowest BCUT2D eigenvalue weighted by atomic mass is 10.2. The van der Waals surface area contributed by atoms with Crippen LogP contribution in [0.3, 0.4) is 0 Å². The third-order valence-electron chi connectivity index (χ3n) is 3.77. The second-order valence-electron chi connectivity index (χ2n) is 5.68. The van der Waals surface area contributed by atoms with E-state index in [-0.39, 0.29) is 28.4 Å². The minimum atomic E-state index is -0.531. The molecule has 28 heavy (non-hydrogen) atoms. The number of halogens is 1. The van der Waals surface area contributed by atoms with Gasteiger partial charge in [-0.2, -0.15) is 0 Å². The molecule has 2 rings (SSSR count). The molecule has 0 spiro atoms. The van der Waals surface area contributed by atoms with Crippen molar-refractivity contribution in [1.82, 2.24) is 0 Å². The summed E-state index contributed by atoms with van der Waals surface area (Å²) in [6.07, 6.45) is 0. The minimum absolute atomic E-state index is 0.210. The molecular weight excluding hydrogens is 402 g/mol. The molecule has 6 nitrogen and oxygen atoms in total. The molecule has 0 aliphatic rings. The largest absolute Gasteiger partial charge is 0.493 e. The molecule has 8 heteroatoms. The summed E-state index contributed by atoms with van der Waals surface area (Å²) in [5, 5.41) is 2.67. The zero-order valence-electron chi connectivity index (χ0n) is 16.1. The summed E-state index contributed by atoms with van der Waals surface area (Å²) in [4.78, 5) is 25.4. The van der Waals surface area contributed by atoms with Gasteiger partial charge in [-0.05, 0) is 50.2 Å². The number of methoxy groups -OCH3 is 2. The average Bonchev–Trinajstić information content (AvgIpc) is 2.69. The van der Waals surface area contributed by atoms with E-state index in [1.54, 1.807) is 46.3 Å². The van der Waals surface area contributed by atoms with E-state index in [9.17, 15) is 9.59 Å². The fourth-order valence-electron chi connectivity index (χ4n) is 2.36. The molecule has 0 aliphatic heterocycles. The quantitative estimate of drug-likeness (QED) is 0.492. The van der Waals surface area contributed by atoms with Crippen molar-refractivity contribution in [2.75, 3.05) is 26.1 Å². The zero-order chi connectivity index (χ0) is 20.7. The van der Waals surface area contributed by atoms with Gasteiger partial charge >= 0.3 is 5.97 Å². The molecule has 1 atom stereocenters. The molecule has 2 aromatic rings. The number of carbonyl (C=O) groups excluding carboxylic acids is 2. The van der Waals surface area contributed by atoms with Gasteiger partial charge in [-0.15, -0.1) is 11.8 Å². The van der Waals surface area contributed by atoms with Crippen LogP contribution < -0.4 is 14.8 Å². The predicted octanol–water partition coefficient (Wildman–Crippen LogP) is 4.65. The van der Waals surface area contributed by atoms with Crippen LogP contribution in [0.1, 0.15) is 24.2 Å². The highest BCUT2D eigenvalue weighted by Gasteiger charge is 2.18. The van der Waals surface area contributed by atoms with Crippen LogP contribution in [-0.4, -0.2) is 38.0 Å². The normalized spacial score (nSPS) is 11.5. The molecule has 0 saturated heterocycles. The summed E-state index contributed by atoms with van der Waals surface area (Å²) >= 11 is 7.42. The highest BCUT2D eigenvalue weighted by Crippen LogP contribution is 2.34. The van der Waals surface area contributed by atoms with Crippen LogP contribution in [0, 0.1) is 0 Å². The number of nitrogens with one attached hydrogen (secondary N) is 1. The first-order valence-corrected chi connectivity index (χ1v) is 9.81. The van der Waals surface area contributed by atoms with Crippen molar-refractivity contribution >= 4 is 40.9 Å². The van der Waals surface area contributed by atoms with Gasteiger partial charge < -0.3 is 19.5 Å². The lowest BCUT2D eigenvalue weighted by Crippen LogP contribution is -2.22. The summed E-state index contributed by atoms with van der Waals surface area (Å²) in [6, 6.07) is 10.2. The molecule has 0 saturated carbocycles. The van der Waals surface area contributed by atoms with Crippen molar-refractivity contribution in [1.29, 1.82) is 0 Å². The van der Waals surface area contributed by atoms with E-state index in [2.05, 4.69) is 5.32 Å². The molecule has 0 bridgehead atoms. The minimum Gasteiger partial charge on any atom is -0.493 e. The van der Waals surface area contributed by atoms with E-state index >= 15 is 0 Å². The maximum absolute atomic E-state index is 12.5. The molecule has 150 valence electrons. The van der Waals surface area contributed by atoms with Gasteiger partial charge in [-0.1, -0.05) is 11.6 Å². The lowest BCUT2D eigenvalue weighted by Gasteiger charge is -2.14. The number of ether oxygens (including phenoxy) is 3. The first-order valence-electron chi connectivity index (χ1n) is 8.55. The Morgan fingerprint density at radius 2 is 1.82 bits per heavy atom. The fraction of sp³-hybridized carbons (Fsp3) is 0.300. The van der Waals surface area contributed by atoms with E-state index in [4.69, 9.17) is 25.8 Å². The van der Waals surface area contributed by atoms with Crippen LogP contribution in [-0.2, 0) is 9.53 Å². The van der Waals surface area contributed by atoms with Crippen molar-refractivity contribution in [3.8, 4) is 11.5 Å². The number of thioether (sulfide) groups is 1. The van der Waals surface area contributed by atoms with Crippen LogP contribution in [0.25, 0.3) is 0 Å². The maximum Gasteiger partial charge on any atom is 0.339 e. The molecule has 1 N–H and O–H groups in total. The number of carbonyl (C=O) groups is 2. The summed E-state index contributed by atoms with van der Waals surface area (Å²) in [6.45, 7) is 3.74. The second kappa shape index (κ2) is 10.2. The standard InChI is InChI=1S/C20H22ClNO5S/c1-5-27-20(24)15-10-13(6-8-16(15)21)22-19(23)12(2)28-14-7-9-17(25-3)18(11-14)26-4/h6-12H,5H2,1-4H3,(H,22,23)/t12-/m1/s1. The Kier molecular flexibility index (Phi) is 8.02. The van der Waals surface area contributed by atoms with Crippen molar-refractivity contribution < 1.29 is 23.8 Å². The lowest BCUT2D eigenvalue weighted by molar-refractivity contribution is -0.115. The van der Waals surface area contributed by atoms with E-state index in [0.717, 1.165) is 4.90 Å². The molecule has 1 amide bonds. The highest BCUT2D eigenvalue weighted by atomic mass is 35.5. The zero-order valence-corrected chi connectivity index (χ0v) is 17.6. The first kappa shape index (κ1) is 21.9. The Bertz CT molecular complexity index is 858.